The van der Waals surface area contributed by atoms with Crippen molar-refractivity contribution in [2.45, 2.75) is 33.2 Å². The van der Waals surface area contributed by atoms with Gasteiger partial charge in [0.2, 0.25) is 0 Å². The third kappa shape index (κ3) is 3.69. The summed E-state index contributed by atoms with van der Waals surface area (Å²) in [7, 11) is 0. The van der Waals surface area contributed by atoms with E-state index in [0.29, 0.717) is 0 Å². The first kappa shape index (κ1) is 15.2. The highest BCUT2D eigenvalue weighted by Gasteiger charge is 2.12. The standard InChI is InChI=1S/C17H21BrN2/c1-11-6-15(10-16(18)7-11)17(20-19)9-14-5-4-12(2)13(3)8-14/h4-8,10,17,20H,9,19H2,1-3H3. The average molecular weight is 333 g/mol. The molecule has 20 heavy (non-hydrogen) atoms. The maximum absolute atomic E-state index is 5.76. The van der Waals surface area contributed by atoms with Gasteiger partial charge in [0.1, 0.15) is 0 Å². The van der Waals surface area contributed by atoms with Crippen LogP contribution in [0, 0.1) is 20.8 Å². The van der Waals surface area contributed by atoms with Crippen molar-refractivity contribution < 1.29 is 0 Å². The molecule has 2 aromatic carbocycles. The first-order chi connectivity index (χ1) is 9.49. The van der Waals surface area contributed by atoms with Gasteiger partial charge in [0.05, 0.1) is 6.04 Å². The smallest absolute Gasteiger partial charge is 0.0500 e. The fourth-order valence-corrected chi connectivity index (χ4v) is 3.03. The minimum Gasteiger partial charge on any atom is -0.271 e. The first-order valence-electron chi connectivity index (χ1n) is 6.79. The van der Waals surface area contributed by atoms with Gasteiger partial charge in [0, 0.05) is 4.47 Å². The number of halogens is 1. The van der Waals surface area contributed by atoms with Crippen molar-refractivity contribution in [1.29, 1.82) is 0 Å². The van der Waals surface area contributed by atoms with Crippen LogP contribution in [-0.2, 0) is 6.42 Å². The number of hydrogen-bond donors (Lipinski definition) is 2. The predicted octanol–water partition coefficient (Wildman–Crippen LogP) is 4.12. The molecule has 0 aliphatic rings. The molecule has 0 spiro atoms. The van der Waals surface area contributed by atoms with Crippen LogP contribution >= 0.6 is 15.9 Å². The van der Waals surface area contributed by atoms with E-state index in [9.17, 15) is 0 Å². The van der Waals surface area contributed by atoms with Crippen LogP contribution in [0.25, 0.3) is 0 Å². The molecule has 1 atom stereocenters. The summed E-state index contributed by atoms with van der Waals surface area (Å²) in [4.78, 5) is 0. The second-order valence-electron chi connectivity index (χ2n) is 5.40. The van der Waals surface area contributed by atoms with Gasteiger partial charge in [-0.05, 0) is 67.1 Å². The SMILES string of the molecule is Cc1cc(Br)cc(C(Cc2ccc(C)c(C)c2)NN)c1. The van der Waals surface area contributed by atoms with Gasteiger partial charge in [-0.1, -0.05) is 40.2 Å². The van der Waals surface area contributed by atoms with E-state index in [-0.39, 0.29) is 6.04 Å². The number of hydrazine groups is 1. The lowest BCUT2D eigenvalue weighted by Crippen LogP contribution is -2.29. The lowest BCUT2D eigenvalue weighted by atomic mass is 9.96. The van der Waals surface area contributed by atoms with Crippen molar-refractivity contribution >= 4 is 15.9 Å². The molecule has 3 heteroatoms. The number of nitrogens with two attached hydrogens (primary N) is 1. The average Bonchev–Trinajstić information content (AvgIpc) is 2.38. The van der Waals surface area contributed by atoms with E-state index < -0.39 is 0 Å². The zero-order valence-electron chi connectivity index (χ0n) is 12.2. The topological polar surface area (TPSA) is 38.0 Å². The van der Waals surface area contributed by atoms with Crippen LogP contribution in [0.4, 0.5) is 0 Å². The molecule has 0 aliphatic carbocycles. The number of benzene rings is 2. The van der Waals surface area contributed by atoms with E-state index in [1.165, 1.54) is 27.8 Å². The molecule has 0 amide bonds. The molecule has 0 heterocycles. The Bertz CT molecular complexity index is 588. The summed E-state index contributed by atoms with van der Waals surface area (Å²) in [5.74, 6) is 5.76. The van der Waals surface area contributed by atoms with Crippen LogP contribution in [0.1, 0.15) is 33.9 Å². The van der Waals surface area contributed by atoms with Gasteiger partial charge in [-0.2, -0.15) is 0 Å². The van der Waals surface area contributed by atoms with Gasteiger partial charge in [-0.3, -0.25) is 11.3 Å². The van der Waals surface area contributed by atoms with Crippen LogP contribution in [0.2, 0.25) is 0 Å². The summed E-state index contributed by atoms with van der Waals surface area (Å²) in [6, 6.07) is 13.1. The molecule has 2 aromatic rings. The monoisotopic (exact) mass is 332 g/mol. The minimum absolute atomic E-state index is 0.119. The lowest BCUT2D eigenvalue weighted by molar-refractivity contribution is 0.551. The fourth-order valence-electron chi connectivity index (χ4n) is 2.40. The minimum atomic E-state index is 0.119. The van der Waals surface area contributed by atoms with Crippen LogP contribution < -0.4 is 11.3 Å². The molecule has 0 radical (unpaired) electrons. The molecule has 0 aromatic heterocycles. The molecule has 0 bridgehead atoms. The van der Waals surface area contributed by atoms with Crippen LogP contribution in [0.3, 0.4) is 0 Å². The zero-order valence-corrected chi connectivity index (χ0v) is 13.8. The predicted molar refractivity (Wildman–Crippen MR) is 88.6 cm³/mol. The van der Waals surface area contributed by atoms with E-state index in [2.05, 4.69) is 78.5 Å². The Kier molecular flexibility index (Phi) is 4.97. The van der Waals surface area contributed by atoms with Crippen LogP contribution in [-0.4, -0.2) is 0 Å². The van der Waals surface area contributed by atoms with Gasteiger partial charge in [0.15, 0.2) is 0 Å². The van der Waals surface area contributed by atoms with Crippen LogP contribution in [0.15, 0.2) is 40.9 Å². The number of rotatable bonds is 4. The Labute approximate surface area is 129 Å². The van der Waals surface area contributed by atoms with Gasteiger partial charge in [0.25, 0.3) is 0 Å². The second kappa shape index (κ2) is 6.53. The van der Waals surface area contributed by atoms with Crippen molar-refractivity contribution in [3.8, 4) is 0 Å². The molecule has 3 N–H and O–H groups in total. The summed E-state index contributed by atoms with van der Waals surface area (Å²) in [5.41, 5.74) is 9.32. The Morgan fingerprint density at radius 3 is 2.40 bits per heavy atom. The Morgan fingerprint density at radius 1 is 1.05 bits per heavy atom. The van der Waals surface area contributed by atoms with Crippen molar-refractivity contribution in [2.75, 3.05) is 0 Å². The molecule has 1 unspecified atom stereocenters. The summed E-state index contributed by atoms with van der Waals surface area (Å²) >= 11 is 3.55. The van der Waals surface area contributed by atoms with Gasteiger partial charge in [-0.25, -0.2) is 0 Å². The van der Waals surface area contributed by atoms with E-state index in [1.54, 1.807) is 0 Å². The van der Waals surface area contributed by atoms with Crippen molar-refractivity contribution in [2.24, 2.45) is 5.84 Å². The summed E-state index contributed by atoms with van der Waals surface area (Å²) in [6.07, 6.45) is 0.882. The van der Waals surface area contributed by atoms with Crippen LogP contribution in [0.5, 0.6) is 0 Å². The quantitative estimate of drug-likeness (QED) is 0.652. The molecule has 0 saturated heterocycles. The van der Waals surface area contributed by atoms with Crippen molar-refractivity contribution in [1.82, 2.24) is 5.43 Å². The highest BCUT2D eigenvalue weighted by molar-refractivity contribution is 9.10. The molecule has 0 fully saturated rings. The number of nitrogens with one attached hydrogen (secondary N) is 1. The Hall–Kier alpha value is -1.16. The summed E-state index contributed by atoms with van der Waals surface area (Å²) in [6.45, 7) is 6.38. The fraction of sp³-hybridized carbons (Fsp3) is 0.294. The van der Waals surface area contributed by atoms with Gasteiger partial charge in [-0.15, -0.1) is 0 Å². The maximum atomic E-state index is 5.76. The van der Waals surface area contributed by atoms with E-state index >= 15 is 0 Å². The molecule has 106 valence electrons. The van der Waals surface area contributed by atoms with E-state index in [4.69, 9.17) is 5.84 Å². The molecule has 2 rings (SSSR count). The highest BCUT2D eigenvalue weighted by atomic mass is 79.9. The molecule has 0 aliphatic heterocycles. The first-order valence-corrected chi connectivity index (χ1v) is 7.58. The number of hydrogen-bond acceptors (Lipinski definition) is 2. The molecule has 0 saturated carbocycles. The lowest BCUT2D eigenvalue weighted by Gasteiger charge is -2.18. The third-order valence-electron chi connectivity index (χ3n) is 3.68. The van der Waals surface area contributed by atoms with Gasteiger partial charge >= 0.3 is 0 Å². The largest absolute Gasteiger partial charge is 0.271 e. The van der Waals surface area contributed by atoms with Crippen molar-refractivity contribution in [3.05, 3.63) is 68.7 Å². The number of aryl methyl sites for hydroxylation is 3. The maximum Gasteiger partial charge on any atom is 0.0500 e. The van der Waals surface area contributed by atoms with Gasteiger partial charge < -0.3 is 0 Å². The summed E-state index contributed by atoms with van der Waals surface area (Å²) < 4.78 is 1.09. The second-order valence-corrected chi connectivity index (χ2v) is 6.32. The van der Waals surface area contributed by atoms with E-state index in [1.807, 2.05) is 0 Å². The van der Waals surface area contributed by atoms with Crippen molar-refractivity contribution in [3.63, 3.8) is 0 Å². The Morgan fingerprint density at radius 2 is 1.80 bits per heavy atom. The zero-order chi connectivity index (χ0) is 14.7. The molecular formula is C17H21BrN2. The highest BCUT2D eigenvalue weighted by Crippen LogP contribution is 2.24. The summed E-state index contributed by atoms with van der Waals surface area (Å²) in [5, 5.41) is 0. The Balaban J connectivity index is 2.26. The van der Waals surface area contributed by atoms with E-state index in [0.717, 1.165) is 10.9 Å². The molecule has 2 nitrogen and oxygen atoms in total. The molecular weight excluding hydrogens is 312 g/mol. The third-order valence-corrected chi connectivity index (χ3v) is 4.14. The normalized spacial score (nSPS) is 12.4.